The van der Waals surface area contributed by atoms with Crippen LogP contribution in [0.4, 0.5) is 0 Å². The van der Waals surface area contributed by atoms with Crippen LogP contribution in [0, 0.1) is 5.92 Å². The van der Waals surface area contributed by atoms with Crippen LogP contribution in [0.2, 0.25) is 0 Å². The minimum atomic E-state index is 0.145. The summed E-state index contributed by atoms with van der Waals surface area (Å²) in [7, 11) is 2.13. The van der Waals surface area contributed by atoms with Crippen LogP contribution in [-0.4, -0.2) is 27.1 Å². The van der Waals surface area contributed by atoms with Crippen molar-refractivity contribution in [3.63, 3.8) is 0 Å². The molecule has 2 aliphatic heterocycles. The lowest BCUT2D eigenvalue weighted by Gasteiger charge is -2.43. The number of piperidine rings is 1. The second-order valence-electron chi connectivity index (χ2n) is 9.22. The van der Waals surface area contributed by atoms with Gasteiger partial charge in [0.25, 0.3) is 5.56 Å². The summed E-state index contributed by atoms with van der Waals surface area (Å²) < 4.78 is 4.30. The molecule has 1 fully saturated rings. The molecule has 2 aliphatic rings. The van der Waals surface area contributed by atoms with E-state index in [0.717, 1.165) is 26.2 Å². The average Bonchev–Trinajstić information content (AvgIpc) is 3.10. The summed E-state index contributed by atoms with van der Waals surface area (Å²) in [5.41, 5.74) is 6.49. The molecule has 31 heavy (non-hydrogen) atoms. The van der Waals surface area contributed by atoms with Crippen LogP contribution in [0.1, 0.15) is 23.6 Å². The molecule has 0 N–H and O–H groups in total. The van der Waals surface area contributed by atoms with Crippen molar-refractivity contribution >= 4 is 10.9 Å². The molecule has 2 atom stereocenters. The SMILES string of the molecule is Cn1cc(CN2C[C@H]3C[C@H](C2)c2c(-c4ccccc4)ccc(=O)n2C3)c2ccccc21. The Bertz CT molecular complexity index is 1320. The standard InChI is InChI=1S/C27H27N3O/c1-28-16-22(23-9-5-6-10-25(23)28)18-29-14-19-13-21(17-29)27-24(20-7-3-2-4-8-20)11-12-26(31)30(27)15-19/h2-12,16,19,21H,13-15,17-18H2,1H3/t19-,21-/m1/s1. The lowest BCUT2D eigenvalue weighted by Crippen LogP contribution is -2.47. The van der Waals surface area contributed by atoms with Gasteiger partial charge in [0.1, 0.15) is 0 Å². The molecule has 1 saturated heterocycles. The normalized spacial score (nSPS) is 20.7. The molecule has 0 radical (unpaired) electrons. The summed E-state index contributed by atoms with van der Waals surface area (Å²) >= 11 is 0. The van der Waals surface area contributed by atoms with E-state index in [1.54, 1.807) is 6.07 Å². The Kier molecular flexibility index (Phi) is 4.35. The first kappa shape index (κ1) is 18.6. The lowest BCUT2D eigenvalue weighted by molar-refractivity contribution is 0.115. The zero-order valence-corrected chi connectivity index (χ0v) is 17.9. The first-order chi connectivity index (χ1) is 15.2. The third kappa shape index (κ3) is 3.14. The van der Waals surface area contributed by atoms with Gasteiger partial charge in [0, 0.05) is 73.6 Å². The summed E-state index contributed by atoms with van der Waals surface area (Å²) in [5.74, 6) is 0.927. The van der Waals surface area contributed by atoms with Gasteiger partial charge in [-0.25, -0.2) is 0 Å². The molecule has 2 aromatic carbocycles. The monoisotopic (exact) mass is 409 g/mol. The quantitative estimate of drug-likeness (QED) is 0.494. The third-order valence-electron chi connectivity index (χ3n) is 7.12. The lowest BCUT2D eigenvalue weighted by atomic mass is 9.80. The maximum atomic E-state index is 12.7. The molecular weight excluding hydrogens is 382 g/mol. The first-order valence-corrected chi connectivity index (χ1v) is 11.2. The van der Waals surface area contributed by atoms with E-state index in [2.05, 4.69) is 75.8 Å². The van der Waals surface area contributed by atoms with Crippen LogP contribution in [0.25, 0.3) is 22.0 Å². The van der Waals surface area contributed by atoms with Gasteiger partial charge in [0.15, 0.2) is 0 Å². The number of pyridine rings is 1. The highest BCUT2D eigenvalue weighted by atomic mass is 16.1. The number of likely N-dealkylation sites (tertiary alicyclic amines) is 1. The molecule has 4 heterocycles. The number of benzene rings is 2. The van der Waals surface area contributed by atoms with Crippen molar-refractivity contribution < 1.29 is 0 Å². The minimum absolute atomic E-state index is 0.145. The first-order valence-electron chi connectivity index (χ1n) is 11.2. The fraction of sp³-hybridized carbons (Fsp3) is 0.296. The van der Waals surface area contributed by atoms with Crippen molar-refractivity contribution in [2.45, 2.75) is 25.4 Å². The Morgan fingerprint density at radius 2 is 1.71 bits per heavy atom. The second kappa shape index (κ2) is 7.24. The molecule has 2 aromatic heterocycles. The Morgan fingerprint density at radius 3 is 2.58 bits per heavy atom. The Balaban J connectivity index is 1.36. The summed E-state index contributed by atoms with van der Waals surface area (Å²) in [5, 5.41) is 1.35. The summed E-state index contributed by atoms with van der Waals surface area (Å²) in [4.78, 5) is 15.4. The van der Waals surface area contributed by atoms with Gasteiger partial charge in [-0.05, 0) is 35.6 Å². The Labute approximate surface area is 182 Å². The van der Waals surface area contributed by atoms with Crippen molar-refractivity contribution in [1.82, 2.24) is 14.0 Å². The summed E-state index contributed by atoms with van der Waals surface area (Å²) in [6.45, 7) is 3.85. The molecule has 4 heteroatoms. The number of aryl methyl sites for hydroxylation is 1. The van der Waals surface area contributed by atoms with Gasteiger partial charge in [0.05, 0.1) is 0 Å². The highest BCUT2D eigenvalue weighted by Crippen LogP contribution is 2.40. The Morgan fingerprint density at radius 1 is 0.903 bits per heavy atom. The maximum absolute atomic E-state index is 12.7. The molecule has 0 spiro atoms. The average molecular weight is 410 g/mol. The van der Waals surface area contributed by atoms with Gasteiger partial charge < -0.3 is 9.13 Å². The number of nitrogens with zero attached hydrogens (tertiary/aromatic N) is 3. The second-order valence-corrected chi connectivity index (χ2v) is 9.22. The van der Waals surface area contributed by atoms with E-state index in [1.165, 1.54) is 39.7 Å². The van der Waals surface area contributed by atoms with Crippen molar-refractivity contribution in [3.8, 4) is 11.1 Å². The highest BCUT2D eigenvalue weighted by Gasteiger charge is 2.36. The molecule has 6 rings (SSSR count). The topological polar surface area (TPSA) is 30.2 Å². The number of hydrogen-bond acceptors (Lipinski definition) is 2. The molecule has 4 nitrogen and oxygen atoms in total. The molecule has 2 bridgehead atoms. The maximum Gasteiger partial charge on any atom is 0.250 e. The van der Waals surface area contributed by atoms with Gasteiger partial charge in [-0.15, -0.1) is 0 Å². The number of hydrogen-bond donors (Lipinski definition) is 0. The summed E-state index contributed by atoms with van der Waals surface area (Å²) in [6, 6.07) is 23.0. The molecule has 0 unspecified atom stereocenters. The van der Waals surface area contributed by atoms with E-state index >= 15 is 0 Å². The highest BCUT2D eigenvalue weighted by molar-refractivity contribution is 5.83. The summed E-state index contributed by atoms with van der Waals surface area (Å²) in [6.07, 6.45) is 3.46. The van der Waals surface area contributed by atoms with Crippen LogP contribution in [0.5, 0.6) is 0 Å². The number of rotatable bonds is 3. The minimum Gasteiger partial charge on any atom is -0.350 e. The Hall–Kier alpha value is -3.11. The molecule has 0 aliphatic carbocycles. The van der Waals surface area contributed by atoms with E-state index in [9.17, 15) is 4.79 Å². The van der Waals surface area contributed by atoms with E-state index in [1.807, 2.05) is 12.1 Å². The molecule has 4 aromatic rings. The fourth-order valence-corrected chi connectivity index (χ4v) is 5.90. The van der Waals surface area contributed by atoms with E-state index in [-0.39, 0.29) is 5.56 Å². The smallest absolute Gasteiger partial charge is 0.250 e. The van der Waals surface area contributed by atoms with Crippen LogP contribution in [0.15, 0.2) is 77.7 Å². The van der Waals surface area contributed by atoms with Gasteiger partial charge in [0.2, 0.25) is 0 Å². The fourth-order valence-electron chi connectivity index (χ4n) is 5.90. The molecule has 156 valence electrons. The van der Waals surface area contributed by atoms with E-state index in [4.69, 9.17) is 0 Å². The van der Waals surface area contributed by atoms with Gasteiger partial charge in [-0.3, -0.25) is 9.69 Å². The van der Waals surface area contributed by atoms with Crippen molar-refractivity contribution in [2.24, 2.45) is 13.0 Å². The van der Waals surface area contributed by atoms with Crippen molar-refractivity contribution in [1.29, 1.82) is 0 Å². The predicted molar refractivity (Wildman–Crippen MR) is 125 cm³/mol. The van der Waals surface area contributed by atoms with Gasteiger partial charge in [-0.2, -0.15) is 0 Å². The van der Waals surface area contributed by atoms with Gasteiger partial charge >= 0.3 is 0 Å². The molecule has 0 saturated carbocycles. The number of aromatic nitrogens is 2. The van der Waals surface area contributed by atoms with Crippen LogP contribution < -0.4 is 5.56 Å². The molecular formula is C27H27N3O. The largest absolute Gasteiger partial charge is 0.350 e. The van der Waals surface area contributed by atoms with Crippen LogP contribution in [-0.2, 0) is 20.1 Å². The van der Waals surface area contributed by atoms with E-state index in [0.29, 0.717) is 11.8 Å². The zero-order valence-electron chi connectivity index (χ0n) is 17.9. The van der Waals surface area contributed by atoms with E-state index < -0.39 is 0 Å². The van der Waals surface area contributed by atoms with Crippen molar-refractivity contribution in [2.75, 3.05) is 13.1 Å². The van der Waals surface area contributed by atoms with Crippen LogP contribution in [0.3, 0.4) is 0 Å². The van der Waals surface area contributed by atoms with Crippen LogP contribution >= 0.6 is 0 Å². The predicted octanol–water partition coefficient (Wildman–Crippen LogP) is 4.63. The number of para-hydroxylation sites is 1. The third-order valence-corrected chi connectivity index (χ3v) is 7.12. The number of fused-ring (bicyclic) bond motifs is 5. The van der Waals surface area contributed by atoms with Gasteiger partial charge in [-0.1, -0.05) is 48.5 Å². The molecule has 0 amide bonds. The van der Waals surface area contributed by atoms with Crippen molar-refractivity contribution in [3.05, 3.63) is 94.5 Å². The zero-order chi connectivity index (χ0) is 20.9.